The molecule has 2 rings (SSSR count). The standard InChI is InChI=1S/C15H25NO2/c1-11(2)13-14(18)16-12(17)10-15(13)8-6-4-3-5-7-9-15/h11,13H,3-10H2,1-2H3,(H,16,17,18). The van der Waals surface area contributed by atoms with E-state index in [2.05, 4.69) is 19.2 Å². The van der Waals surface area contributed by atoms with Crippen LogP contribution in [0, 0.1) is 17.3 Å². The molecule has 1 heterocycles. The molecular weight excluding hydrogens is 226 g/mol. The maximum Gasteiger partial charge on any atom is 0.230 e. The van der Waals surface area contributed by atoms with Crippen molar-refractivity contribution in [2.24, 2.45) is 17.3 Å². The van der Waals surface area contributed by atoms with Gasteiger partial charge in [-0.15, -0.1) is 0 Å². The molecule has 2 amide bonds. The molecule has 18 heavy (non-hydrogen) atoms. The summed E-state index contributed by atoms with van der Waals surface area (Å²) >= 11 is 0. The van der Waals surface area contributed by atoms with Crippen molar-refractivity contribution < 1.29 is 9.59 Å². The van der Waals surface area contributed by atoms with Crippen molar-refractivity contribution in [2.75, 3.05) is 0 Å². The molecule has 1 saturated carbocycles. The van der Waals surface area contributed by atoms with E-state index in [4.69, 9.17) is 0 Å². The molecule has 1 atom stereocenters. The van der Waals surface area contributed by atoms with Crippen LogP contribution in [-0.2, 0) is 9.59 Å². The molecule has 0 aromatic rings. The average Bonchev–Trinajstić information content (AvgIpc) is 2.22. The Morgan fingerprint density at radius 3 is 2.17 bits per heavy atom. The number of carbonyl (C=O) groups is 2. The smallest absolute Gasteiger partial charge is 0.230 e. The lowest BCUT2D eigenvalue weighted by Crippen LogP contribution is -2.54. The third kappa shape index (κ3) is 2.60. The molecule has 102 valence electrons. The summed E-state index contributed by atoms with van der Waals surface area (Å²) in [5.41, 5.74) is -0.0476. The fraction of sp³-hybridized carbons (Fsp3) is 0.867. The van der Waals surface area contributed by atoms with Crippen LogP contribution in [0.15, 0.2) is 0 Å². The van der Waals surface area contributed by atoms with E-state index in [9.17, 15) is 9.59 Å². The first-order chi connectivity index (χ1) is 8.55. The van der Waals surface area contributed by atoms with E-state index < -0.39 is 0 Å². The Kier molecular flexibility index (Phi) is 4.08. The van der Waals surface area contributed by atoms with Crippen LogP contribution in [0.25, 0.3) is 0 Å². The van der Waals surface area contributed by atoms with Crippen LogP contribution in [0.3, 0.4) is 0 Å². The lowest BCUT2D eigenvalue weighted by molar-refractivity contribution is -0.147. The monoisotopic (exact) mass is 251 g/mol. The van der Waals surface area contributed by atoms with Crippen molar-refractivity contribution in [3.8, 4) is 0 Å². The van der Waals surface area contributed by atoms with Crippen LogP contribution in [-0.4, -0.2) is 11.8 Å². The molecule has 0 radical (unpaired) electrons. The summed E-state index contributed by atoms with van der Waals surface area (Å²) in [6, 6.07) is 0. The molecule has 0 bridgehead atoms. The molecule has 1 spiro atoms. The first kappa shape index (κ1) is 13.6. The third-order valence-corrected chi connectivity index (χ3v) is 4.73. The van der Waals surface area contributed by atoms with Gasteiger partial charge in [0.1, 0.15) is 0 Å². The molecule has 0 aromatic heterocycles. The van der Waals surface area contributed by atoms with Gasteiger partial charge in [0, 0.05) is 12.3 Å². The van der Waals surface area contributed by atoms with Gasteiger partial charge in [0.25, 0.3) is 0 Å². The molecule has 1 aliphatic heterocycles. The Hall–Kier alpha value is -0.860. The first-order valence-corrected chi connectivity index (χ1v) is 7.39. The summed E-state index contributed by atoms with van der Waals surface area (Å²) in [5.74, 6) is 0.255. The van der Waals surface area contributed by atoms with Gasteiger partial charge in [0.2, 0.25) is 11.8 Å². The highest BCUT2D eigenvalue weighted by Gasteiger charge is 2.48. The quantitative estimate of drug-likeness (QED) is 0.728. The van der Waals surface area contributed by atoms with Crippen LogP contribution >= 0.6 is 0 Å². The van der Waals surface area contributed by atoms with E-state index in [1.165, 1.54) is 32.1 Å². The van der Waals surface area contributed by atoms with E-state index >= 15 is 0 Å². The lowest BCUT2D eigenvalue weighted by atomic mass is 9.60. The predicted octanol–water partition coefficient (Wildman–Crippen LogP) is 3.04. The van der Waals surface area contributed by atoms with E-state index in [-0.39, 0.29) is 23.1 Å². The van der Waals surface area contributed by atoms with Gasteiger partial charge in [0.15, 0.2) is 0 Å². The summed E-state index contributed by atoms with van der Waals surface area (Å²) in [5, 5.41) is 2.54. The molecule has 2 fully saturated rings. The number of hydrogen-bond acceptors (Lipinski definition) is 2. The number of carbonyl (C=O) groups excluding carboxylic acids is 2. The molecule has 2 aliphatic rings. The maximum atomic E-state index is 12.2. The minimum atomic E-state index is -0.0579. The largest absolute Gasteiger partial charge is 0.296 e. The van der Waals surface area contributed by atoms with Crippen LogP contribution in [0.2, 0.25) is 0 Å². The number of piperidine rings is 1. The van der Waals surface area contributed by atoms with Crippen LogP contribution < -0.4 is 5.32 Å². The summed E-state index contributed by atoms with van der Waals surface area (Å²) in [6.07, 6.45) is 8.81. The van der Waals surface area contributed by atoms with Gasteiger partial charge >= 0.3 is 0 Å². The first-order valence-electron chi connectivity index (χ1n) is 7.39. The minimum absolute atomic E-state index is 0.0216. The fourth-order valence-corrected chi connectivity index (χ4v) is 4.07. The molecular formula is C15H25NO2. The van der Waals surface area contributed by atoms with Crippen molar-refractivity contribution in [2.45, 2.75) is 65.2 Å². The van der Waals surface area contributed by atoms with Gasteiger partial charge in [0.05, 0.1) is 0 Å². The second-order valence-electron chi connectivity index (χ2n) is 6.44. The molecule has 1 unspecified atom stereocenters. The van der Waals surface area contributed by atoms with Gasteiger partial charge in [-0.25, -0.2) is 0 Å². The van der Waals surface area contributed by atoms with E-state index in [1.807, 2.05) is 0 Å². The van der Waals surface area contributed by atoms with E-state index in [0.29, 0.717) is 12.3 Å². The number of nitrogens with one attached hydrogen (secondary N) is 1. The average molecular weight is 251 g/mol. The van der Waals surface area contributed by atoms with Crippen LogP contribution in [0.1, 0.15) is 65.2 Å². The van der Waals surface area contributed by atoms with Gasteiger partial charge < -0.3 is 0 Å². The Labute approximate surface area is 110 Å². The minimum Gasteiger partial charge on any atom is -0.296 e. The van der Waals surface area contributed by atoms with Crippen LogP contribution in [0.5, 0.6) is 0 Å². The van der Waals surface area contributed by atoms with Crippen molar-refractivity contribution in [1.29, 1.82) is 0 Å². The summed E-state index contributed by atoms with van der Waals surface area (Å²) < 4.78 is 0. The fourth-order valence-electron chi connectivity index (χ4n) is 4.07. The Morgan fingerprint density at radius 2 is 1.61 bits per heavy atom. The van der Waals surface area contributed by atoms with E-state index in [1.54, 1.807) is 0 Å². The Bertz CT molecular complexity index is 327. The molecule has 3 nitrogen and oxygen atoms in total. The maximum absolute atomic E-state index is 12.2. The van der Waals surface area contributed by atoms with Crippen molar-refractivity contribution in [3.63, 3.8) is 0 Å². The molecule has 1 saturated heterocycles. The predicted molar refractivity (Wildman–Crippen MR) is 70.8 cm³/mol. The number of hydrogen-bond donors (Lipinski definition) is 1. The zero-order valence-corrected chi connectivity index (χ0v) is 11.6. The summed E-state index contributed by atoms with van der Waals surface area (Å²) in [4.78, 5) is 24.0. The van der Waals surface area contributed by atoms with Gasteiger partial charge in [-0.05, 0) is 24.2 Å². The summed E-state index contributed by atoms with van der Waals surface area (Å²) in [7, 11) is 0. The van der Waals surface area contributed by atoms with Gasteiger partial charge in [-0.2, -0.15) is 0 Å². The molecule has 1 aliphatic carbocycles. The Balaban J connectivity index is 2.27. The van der Waals surface area contributed by atoms with E-state index in [0.717, 1.165) is 12.8 Å². The normalized spacial score (nSPS) is 28.9. The van der Waals surface area contributed by atoms with Crippen molar-refractivity contribution in [3.05, 3.63) is 0 Å². The number of imide groups is 1. The zero-order valence-electron chi connectivity index (χ0n) is 11.6. The molecule has 3 heteroatoms. The van der Waals surface area contributed by atoms with Gasteiger partial charge in [-0.3, -0.25) is 14.9 Å². The van der Waals surface area contributed by atoms with Crippen LogP contribution in [0.4, 0.5) is 0 Å². The van der Waals surface area contributed by atoms with Crippen molar-refractivity contribution in [1.82, 2.24) is 5.32 Å². The van der Waals surface area contributed by atoms with Gasteiger partial charge in [-0.1, -0.05) is 46.0 Å². The van der Waals surface area contributed by atoms with Crippen molar-refractivity contribution >= 4 is 11.8 Å². The molecule has 1 N–H and O–H groups in total. The summed E-state index contributed by atoms with van der Waals surface area (Å²) in [6.45, 7) is 4.22. The topological polar surface area (TPSA) is 46.2 Å². The number of amides is 2. The third-order valence-electron chi connectivity index (χ3n) is 4.73. The highest BCUT2D eigenvalue weighted by atomic mass is 16.2. The highest BCUT2D eigenvalue weighted by Crippen LogP contribution is 2.48. The number of rotatable bonds is 1. The second-order valence-corrected chi connectivity index (χ2v) is 6.44. The second kappa shape index (κ2) is 5.41. The molecule has 0 aromatic carbocycles. The lowest BCUT2D eigenvalue weighted by Gasteiger charge is -2.45. The zero-order chi connectivity index (χ0) is 13.2. The SMILES string of the molecule is CC(C)C1C(=O)NC(=O)CC12CCCCCCC2. The highest BCUT2D eigenvalue weighted by molar-refractivity contribution is 5.99. The Morgan fingerprint density at radius 1 is 1.06 bits per heavy atom.